The van der Waals surface area contributed by atoms with Crippen molar-refractivity contribution in [2.24, 2.45) is 0 Å². The number of rotatable bonds is 6. The first-order chi connectivity index (χ1) is 10.2. The summed E-state index contributed by atoms with van der Waals surface area (Å²) in [5.41, 5.74) is 3.58. The molecular weight excluding hydrogens is 262 g/mol. The van der Waals surface area contributed by atoms with Gasteiger partial charge in [-0.2, -0.15) is 0 Å². The molecule has 0 aliphatic heterocycles. The maximum atomic E-state index is 5.25. The van der Waals surface area contributed by atoms with Crippen LogP contribution >= 0.6 is 0 Å². The van der Waals surface area contributed by atoms with E-state index in [0.717, 1.165) is 23.6 Å². The molecule has 1 atom stereocenters. The first-order valence-electron chi connectivity index (χ1n) is 7.23. The molecule has 0 bridgehead atoms. The summed E-state index contributed by atoms with van der Waals surface area (Å²) in [7, 11) is 3.37. The van der Waals surface area contributed by atoms with Gasteiger partial charge in [0.1, 0.15) is 11.5 Å². The zero-order chi connectivity index (χ0) is 15.2. The fourth-order valence-corrected chi connectivity index (χ4v) is 2.37. The second-order valence-electron chi connectivity index (χ2n) is 5.06. The summed E-state index contributed by atoms with van der Waals surface area (Å²) < 4.78 is 10.5. The lowest BCUT2D eigenvalue weighted by molar-refractivity contribution is 0.414. The van der Waals surface area contributed by atoms with Gasteiger partial charge >= 0.3 is 0 Å². The van der Waals surface area contributed by atoms with Crippen molar-refractivity contribution in [2.75, 3.05) is 19.5 Å². The SMILES string of the molecule is CCC(Nc1ccc(OC)cc1C)c1ccc(OC)cc1. The van der Waals surface area contributed by atoms with Gasteiger partial charge in [-0.25, -0.2) is 0 Å². The number of hydrogen-bond acceptors (Lipinski definition) is 3. The molecule has 0 saturated heterocycles. The van der Waals surface area contributed by atoms with Crippen LogP contribution in [-0.2, 0) is 0 Å². The van der Waals surface area contributed by atoms with Crippen LogP contribution in [0.25, 0.3) is 0 Å². The lowest BCUT2D eigenvalue weighted by atomic mass is 10.0. The molecule has 112 valence electrons. The van der Waals surface area contributed by atoms with E-state index < -0.39 is 0 Å². The standard InChI is InChI=1S/C18H23NO2/c1-5-17(14-6-8-15(20-3)9-7-14)19-18-11-10-16(21-4)12-13(18)2/h6-12,17,19H,5H2,1-4H3. The molecule has 2 aromatic carbocycles. The largest absolute Gasteiger partial charge is 0.497 e. The fourth-order valence-electron chi connectivity index (χ4n) is 2.37. The van der Waals surface area contributed by atoms with Gasteiger partial charge in [-0.1, -0.05) is 19.1 Å². The Morgan fingerprint density at radius 1 is 0.952 bits per heavy atom. The summed E-state index contributed by atoms with van der Waals surface area (Å²) in [6.07, 6.45) is 1.01. The van der Waals surface area contributed by atoms with Crippen molar-refractivity contribution in [3.8, 4) is 11.5 Å². The molecule has 3 nitrogen and oxygen atoms in total. The molecule has 1 N–H and O–H groups in total. The van der Waals surface area contributed by atoms with Crippen molar-refractivity contribution in [1.82, 2.24) is 0 Å². The van der Waals surface area contributed by atoms with Gasteiger partial charge in [-0.3, -0.25) is 0 Å². The van der Waals surface area contributed by atoms with Crippen molar-refractivity contribution >= 4 is 5.69 Å². The Labute approximate surface area is 126 Å². The van der Waals surface area contributed by atoms with E-state index in [2.05, 4.69) is 37.4 Å². The highest BCUT2D eigenvalue weighted by atomic mass is 16.5. The number of hydrogen-bond donors (Lipinski definition) is 1. The number of methoxy groups -OCH3 is 2. The molecule has 0 heterocycles. The lowest BCUT2D eigenvalue weighted by Crippen LogP contribution is -2.10. The molecule has 21 heavy (non-hydrogen) atoms. The van der Waals surface area contributed by atoms with Gasteiger partial charge < -0.3 is 14.8 Å². The van der Waals surface area contributed by atoms with Crippen molar-refractivity contribution in [1.29, 1.82) is 0 Å². The Morgan fingerprint density at radius 2 is 1.57 bits per heavy atom. The van der Waals surface area contributed by atoms with Crippen LogP contribution in [0.2, 0.25) is 0 Å². The Morgan fingerprint density at radius 3 is 2.10 bits per heavy atom. The molecule has 0 aliphatic carbocycles. The Kier molecular flexibility index (Phi) is 5.09. The van der Waals surface area contributed by atoms with Crippen molar-refractivity contribution in [3.05, 3.63) is 53.6 Å². The smallest absolute Gasteiger partial charge is 0.119 e. The van der Waals surface area contributed by atoms with Gasteiger partial charge in [0.25, 0.3) is 0 Å². The molecular formula is C18H23NO2. The van der Waals surface area contributed by atoms with E-state index in [-0.39, 0.29) is 6.04 Å². The van der Waals surface area contributed by atoms with Gasteiger partial charge in [0.05, 0.1) is 20.3 Å². The molecule has 0 saturated carbocycles. The Bertz CT molecular complexity index is 578. The van der Waals surface area contributed by atoms with Crippen LogP contribution in [0.4, 0.5) is 5.69 Å². The third-order valence-electron chi connectivity index (χ3n) is 3.69. The summed E-state index contributed by atoms with van der Waals surface area (Å²) in [5.74, 6) is 1.77. The molecule has 0 amide bonds. The molecule has 2 rings (SSSR count). The molecule has 1 unspecified atom stereocenters. The average Bonchev–Trinajstić information content (AvgIpc) is 2.54. The zero-order valence-electron chi connectivity index (χ0n) is 13.1. The molecule has 0 radical (unpaired) electrons. The molecule has 0 aliphatic rings. The van der Waals surface area contributed by atoms with E-state index in [9.17, 15) is 0 Å². The van der Waals surface area contributed by atoms with E-state index >= 15 is 0 Å². The predicted molar refractivity (Wildman–Crippen MR) is 87.4 cm³/mol. The van der Waals surface area contributed by atoms with E-state index in [1.807, 2.05) is 24.3 Å². The summed E-state index contributed by atoms with van der Waals surface area (Å²) >= 11 is 0. The van der Waals surface area contributed by atoms with Crippen LogP contribution < -0.4 is 14.8 Å². The number of aryl methyl sites for hydroxylation is 1. The topological polar surface area (TPSA) is 30.5 Å². The molecule has 0 spiro atoms. The predicted octanol–water partition coefficient (Wildman–Crippen LogP) is 4.58. The quantitative estimate of drug-likeness (QED) is 0.843. The zero-order valence-corrected chi connectivity index (χ0v) is 13.1. The second-order valence-corrected chi connectivity index (χ2v) is 5.06. The van der Waals surface area contributed by atoms with Gasteiger partial charge in [-0.05, 0) is 54.8 Å². The molecule has 0 aromatic heterocycles. The third-order valence-corrected chi connectivity index (χ3v) is 3.69. The number of anilines is 1. The highest BCUT2D eigenvalue weighted by Crippen LogP contribution is 2.28. The van der Waals surface area contributed by atoms with Gasteiger partial charge in [0, 0.05) is 5.69 Å². The lowest BCUT2D eigenvalue weighted by Gasteiger charge is -2.21. The normalized spacial score (nSPS) is 11.8. The first-order valence-corrected chi connectivity index (χ1v) is 7.23. The molecule has 0 fully saturated rings. The minimum absolute atomic E-state index is 0.281. The summed E-state index contributed by atoms with van der Waals surface area (Å²) in [5, 5.41) is 3.61. The highest BCUT2D eigenvalue weighted by Gasteiger charge is 2.11. The minimum Gasteiger partial charge on any atom is -0.497 e. The van der Waals surface area contributed by atoms with E-state index in [4.69, 9.17) is 9.47 Å². The Balaban J connectivity index is 2.18. The van der Waals surface area contributed by atoms with Crippen LogP contribution in [0.1, 0.15) is 30.5 Å². The van der Waals surface area contributed by atoms with E-state index in [1.165, 1.54) is 11.1 Å². The number of nitrogens with one attached hydrogen (secondary N) is 1. The van der Waals surface area contributed by atoms with Crippen molar-refractivity contribution < 1.29 is 9.47 Å². The van der Waals surface area contributed by atoms with Gasteiger partial charge in [0.15, 0.2) is 0 Å². The second kappa shape index (κ2) is 7.02. The van der Waals surface area contributed by atoms with Crippen LogP contribution in [0.3, 0.4) is 0 Å². The first kappa shape index (κ1) is 15.2. The average molecular weight is 285 g/mol. The fraction of sp³-hybridized carbons (Fsp3) is 0.333. The van der Waals surface area contributed by atoms with Crippen LogP contribution in [-0.4, -0.2) is 14.2 Å². The maximum absolute atomic E-state index is 5.25. The Hall–Kier alpha value is -2.16. The van der Waals surface area contributed by atoms with Crippen molar-refractivity contribution in [2.45, 2.75) is 26.3 Å². The van der Waals surface area contributed by atoms with Crippen LogP contribution in [0.15, 0.2) is 42.5 Å². The van der Waals surface area contributed by atoms with E-state index in [0.29, 0.717) is 0 Å². The summed E-state index contributed by atoms with van der Waals surface area (Å²) in [4.78, 5) is 0. The van der Waals surface area contributed by atoms with Crippen LogP contribution in [0, 0.1) is 6.92 Å². The summed E-state index contributed by atoms with van der Waals surface area (Å²) in [6.45, 7) is 4.27. The minimum atomic E-state index is 0.281. The number of benzene rings is 2. The van der Waals surface area contributed by atoms with E-state index in [1.54, 1.807) is 14.2 Å². The number of ether oxygens (including phenoxy) is 2. The molecule has 3 heteroatoms. The van der Waals surface area contributed by atoms with Gasteiger partial charge in [0.2, 0.25) is 0 Å². The van der Waals surface area contributed by atoms with Gasteiger partial charge in [-0.15, -0.1) is 0 Å². The molecule has 2 aromatic rings. The third kappa shape index (κ3) is 3.69. The maximum Gasteiger partial charge on any atom is 0.119 e. The highest BCUT2D eigenvalue weighted by molar-refractivity contribution is 5.55. The van der Waals surface area contributed by atoms with Crippen LogP contribution in [0.5, 0.6) is 11.5 Å². The summed E-state index contributed by atoms with van der Waals surface area (Å²) in [6, 6.07) is 14.6. The monoisotopic (exact) mass is 285 g/mol. The van der Waals surface area contributed by atoms with Crippen molar-refractivity contribution in [3.63, 3.8) is 0 Å².